The summed E-state index contributed by atoms with van der Waals surface area (Å²) in [7, 11) is 0. The van der Waals surface area contributed by atoms with Crippen LogP contribution in [0, 0.1) is 11.3 Å². The molecule has 0 saturated carbocycles. The van der Waals surface area contributed by atoms with Gasteiger partial charge in [0.2, 0.25) is 5.91 Å². The molecule has 2 aliphatic heterocycles. The standard InChI is InChI=1S/C20H31N3O2/c1-20(7-11-25-12-8-20)15-22-18-4-2-3-16(13-18)14-23-9-5-17(6-10-23)19(21)24/h2-4,13,17,22H,5-12,14-15H2,1H3,(H2,21,24). The number of carbonyl (C=O) groups is 1. The first-order valence-electron chi connectivity index (χ1n) is 9.46. The van der Waals surface area contributed by atoms with Gasteiger partial charge in [-0.25, -0.2) is 0 Å². The Morgan fingerprint density at radius 2 is 2.04 bits per heavy atom. The van der Waals surface area contributed by atoms with Gasteiger partial charge in [-0.1, -0.05) is 19.1 Å². The number of carbonyl (C=O) groups excluding carboxylic acids is 1. The summed E-state index contributed by atoms with van der Waals surface area (Å²) in [5.41, 5.74) is 8.25. The molecule has 2 fully saturated rings. The van der Waals surface area contributed by atoms with Crippen LogP contribution >= 0.6 is 0 Å². The maximum Gasteiger partial charge on any atom is 0.220 e. The molecule has 5 nitrogen and oxygen atoms in total. The van der Waals surface area contributed by atoms with Crippen LogP contribution in [0.5, 0.6) is 0 Å². The second-order valence-electron chi connectivity index (χ2n) is 7.93. The number of benzene rings is 1. The van der Waals surface area contributed by atoms with Gasteiger partial charge < -0.3 is 15.8 Å². The fourth-order valence-corrected chi connectivity index (χ4v) is 3.77. The summed E-state index contributed by atoms with van der Waals surface area (Å²) in [6, 6.07) is 8.70. The number of likely N-dealkylation sites (tertiary alicyclic amines) is 1. The highest BCUT2D eigenvalue weighted by Gasteiger charge is 2.27. The Balaban J connectivity index is 1.50. The Morgan fingerprint density at radius 1 is 1.32 bits per heavy atom. The van der Waals surface area contributed by atoms with Crippen molar-refractivity contribution in [2.24, 2.45) is 17.1 Å². The lowest BCUT2D eigenvalue weighted by molar-refractivity contribution is -0.123. The molecular weight excluding hydrogens is 314 g/mol. The third-order valence-corrected chi connectivity index (χ3v) is 5.74. The zero-order chi connectivity index (χ0) is 17.7. The van der Waals surface area contributed by atoms with E-state index in [1.54, 1.807) is 0 Å². The molecule has 0 atom stereocenters. The van der Waals surface area contributed by atoms with E-state index >= 15 is 0 Å². The van der Waals surface area contributed by atoms with Crippen molar-refractivity contribution in [1.29, 1.82) is 0 Å². The minimum absolute atomic E-state index is 0.0597. The SMILES string of the molecule is CC1(CNc2cccc(CN3CCC(C(N)=O)CC3)c2)CCOCC1. The zero-order valence-corrected chi connectivity index (χ0v) is 15.3. The Kier molecular flexibility index (Phi) is 5.97. The van der Waals surface area contributed by atoms with Crippen molar-refractivity contribution in [2.75, 3.05) is 38.2 Å². The van der Waals surface area contributed by atoms with Gasteiger partial charge in [0.1, 0.15) is 0 Å². The van der Waals surface area contributed by atoms with Gasteiger partial charge >= 0.3 is 0 Å². The average molecular weight is 345 g/mol. The number of nitrogens with one attached hydrogen (secondary N) is 1. The number of anilines is 1. The van der Waals surface area contributed by atoms with Crippen LogP contribution in [0.15, 0.2) is 24.3 Å². The summed E-state index contributed by atoms with van der Waals surface area (Å²) in [5, 5.41) is 3.62. The number of hydrogen-bond acceptors (Lipinski definition) is 4. The quantitative estimate of drug-likeness (QED) is 0.832. The molecule has 0 unspecified atom stereocenters. The van der Waals surface area contributed by atoms with Gasteiger partial charge in [0.05, 0.1) is 0 Å². The molecule has 2 heterocycles. The van der Waals surface area contributed by atoms with E-state index in [0.29, 0.717) is 5.41 Å². The van der Waals surface area contributed by atoms with E-state index < -0.39 is 0 Å². The zero-order valence-electron chi connectivity index (χ0n) is 15.3. The van der Waals surface area contributed by atoms with Crippen molar-refractivity contribution < 1.29 is 9.53 Å². The molecule has 5 heteroatoms. The molecule has 0 bridgehead atoms. The van der Waals surface area contributed by atoms with E-state index in [2.05, 4.69) is 41.4 Å². The molecule has 138 valence electrons. The first kappa shape index (κ1) is 18.2. The first-order valence-corrected chi connectivity index (χ1v) is 9.46. The molecule has 2 aliphatic rings. The van der Waals surface area contributed by atoms with Crippen LogP contribution in [-0.4, -0.2) is 43.7 Å². The van der Waals surface area contributed by atoms with Gasteiger partial charge in [-0.15, -0.1) is 0 Å². The molecule has 0 aromatic heterocycles. The molecule has 3 N–H and O–H groups in total. The number of primary amides is 1. The van der Waals surface area contributed by atoms with Crippen LogP contribution in [0.1, 0.15) is 38.2 Å². The van der Waals surface area contributed by atoms with E-state index in [1.807, 2.05) is 0 Å². The summed E-state index contributed by atoms with van der Waals surface area (Å²) < 4.78 is 5.48. The lowest BCUT2D eigenvalue weighted by Gasteiger charge is -2.34. The van der Waals surface area contributed by atoms with Crippen molar-refractivity contribution >= 4 is 11.6 Å². The number of hydrogen-bond donors (Lipinski definition) is 2. The van der Waals surface area contributed by atoms with Crippen molar-refractivity contribution in [3.63, 3.8) is 0 Å². The second-order valence-corrected chi connectivity index (χ2v) is 7.93. The maximum absolute atomic E-state index is 11.3. The smallest absolute Gasteiger partial charge is 0.220 e. The van der Waals surface area contributed by atoms with Gasteiger partial charge in [-0.05, 0) is 61.9 Å². The summed E-state index contributed by atoms with van der Waals surface area (Å²) in [4.78, 5) is 13.7. The van der Waals surface area contributed by atoms with Crippen LogP contribution in [0.3, 0.4) is 0 Å². The second kappa shape index (κ2) is 8.19. The van der Waals surface area contributed by atoms with E-state index in [0.717, 1.165) is 65.1 Å². The molecule has 3 rings (SSSR count). The fourth-order valence-electron chi connectivity index (χ4n) is 3.77. The van der Waals surface area contributed by atoms with Crippen molar-refractivity contribution in [2.45, 2.75) is 39.2 Å². The van der Waals surface area contributed by atoms with Gasteiger partial charge in [-0.3, -0.25) is 9.69 Å². The topological polar surface area (TPSA) is 67.6 Å². The molecule has 0 spiro atoms. The Bertz CT molecular complexity index is 576. The summed E-state index contributed by atoms with van der Waals surface area (Å²) in [6.45, 7) is 7.91. The Morgan fingerprint density at radius 3 is 2.72 bits per heavy atom. The monoisotopic (exact) mass is 345 g/mol. The number of ether oxygens (including phenoxy) is 1. The highest BCUT2D eigenvalue weighted by Crippen LogP contribution is 2.30. The first-order chi connectivity index (χ1) is 12.0. The predicted molar refractivity (Wildman–Crippen MR) is 100 cm³/mol. The third-order valence-electron chi connectivity index (χ3n) is 5.74. The third kappa shape index (κ3) is 5.19. The molecule has 0 aliphatic carbocycles. The number of nitrogens with zero attached hydrogens (tertiary/aromatic N) is 1. The van der Waals surface area contributed by atoms with E-state index in [1.165, 1.54) is 11.3 Å². The van der Waals surface area contributed by atoms with Crippen LogP contribution in [0.2, 0.25) is 0 Å². The van der Waals surface area contributed by atoms with Crippen LogP contribution < -0.4 is 11.1 Å². The molecule has 0 radical (unpaired) electrons. The van der Waals surface area contributed by atoms with Crippen molar-refractivity contribution in [3.05, 3.63) is 29.8 Å². The number of amides is 1. The van der Waals surface area contributed by atoms with Crippen molar-refractivity contribution in [3.8, 4) is 0 Å². The Labute approximate surface area is 150 Å². The van der Waals surface area contributed by atoms with Crippen molar-refractivity contribution in [1.82, 2.24) is 4.90 Å². The lowest BCUT2D eigenvalue weighted by Crippen LogP contribution is -2.38. The van der Waals surface area contributed by atoms with Gasteiger partial charge in [0.25, 0.3) is 0 Å². The highest BCUT2D eigenvalue weighted by molar-refractivity contribution is 5.76. The fraction of sp³-hybridized carbons (Fsp3) is 0.650. The minimum atomic E-state index is -0.146. The predicted octanol–water partition coefficient (Wildman–Crippen LogP) is 2.61. The number of nitrogens with two attached hydrogens (primary N) is 1. The van der Waals surface area contributed by atoms with Crippen LogP contribution in [0.4, 0.5) is 5.69 Å². The normalized spacial score (nSPS) is 21.8. The molecule has 1 aromatic rings. The lowest BCUT2D eigenvalue weighted by atomic mass is 9.82. The van der Waals surface area contributed by atoms with Crippen LogP contribution in [-0.2, 0) is 16.1 Å². The van der Waals surface area contributed by atoms with E-state index in [-0.39, 0.29) is 11.8 Å². The minimum Gasteiger partial charge on any atom is -0.384 e. The number of rotatable bonds is 6. The highest BCUT2D eigenvalue weighted by atomic mass is 16.5. The van der Waals surface area contributed by atoms with E-state index in [9.17, 15) is 4.79 Å². The molecule has 1 amide bonds. The van der Waals surface area contributed by atoms with Gasteiger partial charge in [0.15, 0.2) is 0 Å². The molecule has 2 saturated heterocycles. The summed E-state index contributed by atoms with van der Waals surface area (Å²) >= 11 is 0. The number of piperidine rings is 1. The largest absolute Gasteiger partial charge is 0.384 e. The average Bonchev–Trinajstić information content (AvgIpc) is 2.62. The Hall–Kier alpha value is -1.59. The molecular formula is C20H31N3O2. The molecule has 25 heavy (non-hydrogen) atoms. The summed E-state index contributed by atoms with van der Waals surface area (Å²) in [5.74, 6) is -0.0862. The van der Waals surface area contributed by atoms with E-state index in [4.69, 9.17) is 10.5 Å². The summed E-state index contributed by atoms with van der Waals surface area (Å²) in [6.07, 6.45) is 4.00. The molecule has 1 aromatic carbocycles. The van der Waals surface area contributed by atoms with Crippen LogP contribution in [0.25, 0.3) is 0 Å². The van der Waals surface area contributed by atoms with Gasteiger partial charge in [-0.2, -0.15) is 0 Å². The van der Waals surface area contributed by atoms with Gasteiger partial charge in [0, 0.05) is 37.9 Å². The maximum atomic E-state index is 11.3.